The van der Waals surface area contributed by atoms with Crippen molar-refractivity contribution in [3.8, 4) is 17.1 Å². The highest BCUT2D eigenvalue weighted by Crippen LogP contribution is 2.28. The van der Waals surface area contributed by atoms with E-state index in [1.165, 1.54) is 22.9 Å². The van der Waals surface area contributed by atoms with Crippen LogP contribution in [0.2, 0.25) is 15.1 Å². The van der Waals surface area contributed by atoms with Gasteiger partial charge in [-0.1, -0.05) is 40.9 Å². The Hall–Kier alpha value is -2.93. The third-order valence-electron chi connectivity index (χ3n) is 4.56. The lowest BCUT2D eigenvalue weighted by Gasteiger charge is -2.10. The molecule has 0 aliphatic heterocycles. The maximum absolute atomic E-state index is 13.4. The molecule has 0 saturated heterocycles. The van der Waals surface area contributed by atoms with Crippen LogP contribution in [0.25, 0.3) is 17.1 Å². The van der Waals surface area contributed by atoms with Crippen LogP contribution in [0.5, 0.6) is 0 Å². The highest BCUT2D eigenvalue weighted by molar-refractivity contribution is 6.36. The first kappa shape index (κ1) is 21.3. The van der Waals surface area contributed by atoms with Crippen LogP contribution in [-0.2, 0) is 0 Å². The van der Waals surface area contributed by atoms with Crippen molar-refractivity contribution in [2.45, 2.75) is 6.92 Å². The summed E-state index contributed by atoms with van der Waals surface area (Å²) >= 11 is 18.3. The highest BCUT2D eigenvalue weighted by atomic mass is 35.5. The maximum Gasteiger partial charge on any atom is 0.295 e. The van der Waals surface area contributed by atoms with E-state index in [2.05, 4.69) is 15.4 Å². The van der Waals surface area contributed by atoms with Gasteiger partial charge in [0, 0.05) is 15.6 Å². The van der Waals surface area contributed by atoms with Crippen molar-refractivity contribution in [2.24, 2.45) is 0 Å². The number of carbonyl (C=O) groups excluding carboxylic acids is 1. The van der Waals surface area contributed by atoms with Gasteiger partial charge >= 0.3 is 0 Å². The van der Waals surface area contributed by atoms with Gasteiger partial charge in [0.2, 0.25) is 5.82 Å². The minimum atomic E-state index is -0.564. The van der Waals surface area contributed by atoms with E-state index in [0.29, 0.717) is 32.8 Å². The van der Waals surface area contributed by atoms with E-state index < -0.39 is 5.91 Å². The van der Waals surface area contributed by atoms with Crippen molar-refractivity contribution in [1.29, 1.82) is 0 Å². The number of nitrogens with zero attached hydrogens (tertiary/aromatic N) is 3. The summed E-state index contributed by atoms with van der Waals surface area (Å²) in [5.41, 5.74) is 2.35. The van der Waals surface area contributed by atoms with Crippen molar-refractivity contribution in [3.63, 3.8) is 0 Å². The molecule has 1 N–H and O–H groups in total. The first-order valence-corrected chi connectivity index (χ1v) is 10.2. The largest absolute Gasteiger partial charge is 0.318 e. The number of nitrogens with one attached hydrogen (secondary N) is 1. The normalized spacial score (nSPS) is 10.9. The Balaban J connectivity index is 1.80. The molecule has 3 aromatic carbocycles. The third kappa shape index (κ3) is 4.42. The summed E-state index contributed by atoms with van der Waals surface area (Å²) < 4.78 is 14.9. The van der Waals surface area contributed by atoms with Crippen LogP contribution in [0, 0.1) is 12.7 Å². The predicted molar refractivity (Wildman–Crippen MR) is 121 cm³/mol. The SMILES string of the molecule is Cc1c(Cl)cccc1-n1nc(C(=O)Nc2ccc(Cl)cc2Cl)nc1-c1ccc(F)cc1. The number of hydrogen-bond acceptors (Lipinski definition) is 3. The van der Waals surface area contributed by atoms with Crippen LogP contribution >= 0.6 is 34.8 Å². The Morgan fingerprint density at radius 3 is 2.45 bits per heavy atom. The monoisotopic (exact) mass is 474 g/mol. The zero-order valence-electron chi connectivity index (χ0n) is 16.0. The lowest BCUT2D eigenvalue weighted by Crippen LogP contribution is -2.14. The van der Waals surface area contributed by atoms with E-state index in [-0.39, 0.29) is 16.7 Å². The molecule has 4 aromatic rings. The topological polar surface area (TPSA) is 59.8 Å². The van der Waals surface area contributed by atoms with Crippen molar-refractivity contribution in [3.05, 3.63) is 92.9 Å². The standard InChI is InChI=1S/C22H14Cl3FN4O/c1-12-16(24)3-2-4-19(12)30-21(13-5-8-15(26)9-6-13)28-20(29-30)22(31)27-18-10-7-14(23)11-17(18)25/h2-11H,1H3,(H,27,31). The van der Waals surface area contributed by atoms with Crippen LogP contribution in [0.4, 0.5) is 10.1 Å². The molecule has 0 aliphatic carbocycles. The van der Waals surface area contributed by atoms with Gasteiger partial charge in [0.15, 0.2) is 5.82 Å². The van der Waals surface area contributed by atoms with Crippen LogP contribution in [-0.4, -0.2) is 20.7 Å². The minimum Gasteiger partial charge on any atom is -0.318 e. The molecule has 1 aromatic heterocycles. The molecule has 0 fully saturated rings. The molecule has 156 valence electrons. The molecule has 5 nitrogen and oxygen atoms in total. The molecule has 4 rings (SSSR count). The van der Waals surface area contributed by atoms with Crippen molar-refractivity contribution >= 4 is 46.4 Å². The molecular weight excluding hydrogens is 462 g/mol. The molecule has 0 spiro atoms. The second-order valence-electron chi connectivity index (χ2n) is 6.64. The molecule has 0 unspecified atom stereocenters. The fourth-order valence-electron chi connectivity index (χ4n) is 2.96. The summed E-state index contributed by atoms with van der Waals surface area (Å²) in [5.74, 6) is -0.683. The van der Waals surface area contributed by atoms with Gasteiger partial charge in [-0.05, 0) is 67.1 Å². The molecule has 9 heteroatoms. The minimum absolute atomic E-state index is 0.0929. The predicted octanol–water partition coefficient (Wildman–Crippen LogP) is 6.59. The Morgan fingerprint density at radius 2 is 1.74 bits per heavy atom. The first-order valence-electron chi connectivity index (χ1n) is 9.08. The van der Waals surface area contributed by atoms with Gasteiger partial charge in [-0.25, -0.2) is 14.1 Å². The van der Waals surface area contributed by atoms with E-state index in [9.17, 15) is 9.18 Å². The number of benzene rings is 3. The Morgan fingerprint density at radius 1 is 1.00 bits per heavy atom. The first-order chi connectivity index (χ1) is 14.8. The van der Waals surface area contributed by atoms with Gasteiger partial charge in [-0.3, -0.25) is 4.79 Å². The van der Waals surface area contributed by atoms with Gasteiger partial charge in [-0.2, -0.15) is 0 Å². The van der Waals surface area contributed by atoms with Crippen LogP contribution < -0.4 is 5.32 Å². The lowest BCUT2D eigenvalue weighted by atomic mass is 10.1. The fraction of sp³-hybridized carbons (Fsp3) is 0.0455. The van der Waals surface area contributed by atoms with Gasteiger partial charge < -0.3 is 5.32 Å². The summed E-state index contributed by atoms with van der Waals surface area (Å²) in [7, 11) is 0. The number of anilines is 1. The van der Waals surface area contributed by atoms with Gasteiger partial charge in [0.05, 0.1) is 16.4 Å². The van der Waals surface area contributed by atoms with Crippen LogP contribution in [0.1, 0.15) is 16.2 Å². The molecule has 0 atom stereocenters. The van der Waals surface area contributed by atoms with E-state index >= 15 is 0 Å². The maximum atomic E-state index is 13.4. The van der Waals surface area contributed by atoms with Gasteiger partial charge in [0.25, 0.3) is 5.91 Å². The number of hydrogen-bond donors (Lipinski definition) is 1. The van der Waals surface area contributed by atoms with Gasteiger partial charge in [-0.15, -0.1) is 5.10 Å². The molecule has 1 heterocycles. The molecule has 0 bridgehead atoms. The zero-order chi connectivity index (χ0) is 22.1. The number of carbonyl (C=O) groups is 1. The summed E-state index contributed by atoms with van der Waals surface area (Å²) in [4.78, 5) is 17.3. The fourth-order valence-corrected chi connectivity index (χ4v) is 3.58. The van der Waals surface area contributed by atoms with E-state index in [1.54, 1.807) is 42.5 Å². The van der Waals surface area contributed by atoms with Crippen LogP contribution in [0.3, 0.4) is 0 Å². The van der Waals surface area contributed by atoms with Crippen LogP contribution in [0.15, 0.2) is 60.7 Å². The van der Waals surface area contributed by atoms with Gasteiger partial charge in [0.1, 0.15) is 5.82 Å². The van der Waals surface area contributed by atoms with E-state index in [1.807, 2.05) is 6.92 Å². The average Bonchev–Trinajstić information content (AvgIpc) is 3.18. The Bertz CT molecular complexity index is 1290. The molecule has 0 radical (unpaired) electrons. The smallest absolute Gasteiger partial charge is 0.295 e. The summed E-state index contributed by atoms with van der Waals surface area (Å²) in [6.45, 7) is 1.83. The number of rotatable bonds is 4. The molecular formula is C22H14Cl3FN4O. The third-order valence-corrected chi connectivity index (χ3v) is 5.52. The number of amides is 1. The Labute approximate surface area is 192 Å². The van der Waals surface area contributed by atoms with E-state index in [4.69, 9.17) is 34.8 Å². The lowest BCUT2D eigenvalue weighted by molar-refractivity contribution is 0.101. The molecule has 31 heavy (non-hydrogen) atoms. The number of aromatic nitrogens is 3. The second kappa shape index (κ2) is 8.67. The summed E-state index contributed by atoms with van der Waals surface area (Å²) in [6.07, 6.45) is 0. The summed E-state index contributed by atoms with van der Waals surface area (Å²) in [6, 6.07) is 15.8. The van der Waals surface area contributed by atoms with Crippen molar-refractivity contribution in [1.82, 2.24) is 14.8 Å². The Kier molecular flexibility index (Phi) is 5.96. The quantitative estimate of drug-likeness (QED) is 0.362. The average molecular weight is 476 g/mol. The van der Waals surface area contributed by atoms with Crippen molar-refractivity contribution in [2.75, 3.05) is 5.32 Å². The second-order valence-corrected chi connectivity index (χ2v) is 7.89. The molecule has 0 saturated carbocycles. The molecule has 1 amide bonds. The summed E-state index contributed by atoms with van der Waals surface area (Å²) in [5, 5.41) is 8.34. The van der Waals surface area contributed by atoms with E-state index in [0.717, 1.165) is 5.56 Å². The zero-order valence-corrected chi connectivity index (χ0v) is 18.3. The number of halogens is 4. The molecule has 0 aliphatic rings. The highest BCUT2D eigenvalue weighted by Gasteiger charge is 2.21. The van der Waals surface area contributed by atoms with Crippen molar-refractivity contribution < 1.29 is 9.18 Å².